The summed E-state index contributed by atoms with van der Waals surface area (Å²) in [5.41, 5.74) is 0.514. The predicted molar refractivity (Wildman–Crippen MR) is 121 cm³/mol. The number of allylic oxidation sites excluding steroid dienone is 2. The molecule has 0 radical (unpaired) electrons. The zero-order valence-electron chi connectivity index (χ0n) is 19.2. The van der Waals surface area contributed by atoms with Gasteiger partial charge in [-0.1, -0.05) is 6.42 Å². The van der Waals surface area contributed by atoms with E-state index >= 15 is 0 Å². The largest absolute Gasteiger partial charge is 0.463 e. The molecule has 1 fully saturated rings. The van der Waals surface area contributed by atoms with Gasteiger partial charge in [-0.2, -0.15) is 0 Å². The van der Waals surface area contributed by atoms with Crippen LogP contribution >= 0.6 is 23.2 Å². The Balaban J connectivity index is 2.22. The highest BCUT2D eigenvalue weighted by Gasteiger charge is 2.43. The van der Waals surface area contributed by atoms with Crippen LogP contribution in [0.4, 0.5) is 0 Å². The predicted octanol–water partition coefficient (Wildman–Crippen LogP) is 2.31. The van der Waals surface area contributed by atoms with Crippen LogP contribution in [-0.2, 0) is 33.4 Å². The van der Waals surface area contributed by atoms with Crippen molar-refractivity contribution in [1.82, 2.24) is 10.6 Å². The number of alkyl halides is 2. The van der Waals surface area contributed by atoms with Crippen LogP contribution < -0.4 is 10.6 Å². The van der Waals surface area contributed by atoms with E-state index in [9.17, 15) is 19.2 Å². The number of carbonyl (C=O) groups excluding carboxylic acids is 4. The van der Waals surface area contributed by atoms with Gasteiger partial charge in [-0.15, -0.1) is 23.2 Å². The highest BCUT2D eigenvalue weighted by Crippen LogP contribution is 2.32. The molecule has 11 heteroatoms. The molecule has 1 heterocycles. The lowest BCUT2D eigenvalue weighted by Crippen LogP contribution is -2.50. The summed E-state index contributed by atoms with van der Waals surface area (Å²) in [5, 5.41) is 4.96. The molecule has 2 N–H and O–H groups in total. The number of carbonyl (C=O) groups is 4. The number of halogens is 2. The molecule has 33 heavy (non-hydrogen) atoms. The molecular weight excluding hydrogens is 475 g/mol. The molecule has 2 rings (SSSR count). The molecule has 0 saturated heterocycles. The van der Waals surface area contributed by atoms with E-state index in [1.54, 1.807) is 27.7 Å². The minimum Gasteiger partial charge on any atom is -0.463 e. The van der Waals surface area contributed by atoms with Gasteiger partial charge in [0.1, 0.15) is 5.92 Å². The molecule has 1 amide bonds. The van der Waals surface area contributed by atoms with Gasteiger partial charge >= 0.3 is 17.9 Å². The number of hydrogen-bond acceptors (Lipinski definition) is 8. The second-order valence-electron chi connectivity index (χ2n) is 7.74. The standard InChI is InChI=1S/C22H30Cl2N2O7/c1-5-31-20(28)16-11(3)25-12(4)17(21(29)32-6-2)18(16)22(30)33-10-15(27)26-19-13(23)8-7-9-14(19)24/h13-14,18-19,25H,5-10H2,1-4H3,(H,26,27). The smallest absolute Gasteiger partial charge is 0.337 e. The van der Waals surface area contributed by atoms with Gasteiger partial charge in [-0.3, -0.25) is 9.59 Å². The monoisotopic (exact) mass is 504 g/mol. The Morgan fingerprint density at radius 2 is 1.39 bits per heavy atom. The van der Waals surface area contributed by atoms with Gasteiger partial charge < -0.3 is 24.8 Å². The van der Waals surface area contributed by atoms with Crippen molar-refractivity contribution >= 4 is 47.0 Å². The minimum atomic E-state index is -1.41. The SMILES string of the molecule is CCOC(=O)C1=C(C)NC(C)=C(C(=O)OCC)C1C(=O)OCC(=O)NC1C(Cl)CCCC1Cl. The van der Waals surface area contributed by atoms with E-state index in [0.717, 1.165) is 6.42 Å². The van der Waals surface area contributed by atoms with Crippen LogP contribution in [0.1, 0.15) is 47.0 Å². The fourth-order valence-electron chi connectivity index (χ4n) is 3.91. The van der Waals surface area contributed by atoms with E-state index in [4.69, 9.17) is 37.4 Å². The summed E-state index contributed by atoms with van der Waals surface area (Å²) in [4.78, 5) is 50.8. The van der Waals surface area contributed by atoms with Crippen molar-refractivity contribution in [1.29, 1.82) is 0 Å². The Morgan fingerprint density at radius 3 is 1.85 bits per heavy atom. The molecule has 184 valence electrons. The summed E-state index contributed by atoms with van der Waals surface area (Å²) in [6.45, 7) is 5.90. The van der Waals surface area contributed by atoms with Gasteiger partial charge in [0.05, 0.1) is 41.2 Å². The Hall–Kier alpha value is -2.26. The molecular formula is C22H30Cl2N2O7. The molecule has 0 aromatic rings. The molecule has 9 nitrogen and oxygen atoms in total. The third kappa shape index (κ3) is 6.63. The maximum Gasteiger partial charge on any atom is 0.337 e. The molecule has 0 aromatic carbocycles. The van der Waals surface area contributed by atoms with Crippen LogP contribution in [-0.4, -0.2) is 60.4 Å². The lowest BCUT2D eigenvalue weighted by atomic mass is 9.85. The Morgan fingerprint density at radius 1 is 0.909 bits per heavy atom. The van der Waals surface area contributed by atoms with Gasteiger partial charge in [0.25, 0.3) is 5.91 Å². The van der Waals surface area contributed by atoms with Crippen molar-refractivity contribution in [2.45, 2.75) is 63.8 Å². The first kappa shape index (κ1) is 27.0. The Kier molecular flexibility index (Phi) is 10.0. The topological polar surface area (TPSA) is 120 Å². The van der Waals surface area contributed by atoms with Crippen molar-refractivity contribution in [3.05, 3.63) is 22.5 Å². The summed E-state index contributed by atoms with van der Waals surface area (Å²) < 4.78 is 15.4. The average molecular weight is 505 g/mol. The van der Waals surface area contributed by atoms with Crippen LogP contribution in [0.5, 0.6) is 0 Å². The van der Waals surface area contributed by atoms with Crippen LogP contribution in [0, 0.1) is 5.92 Å². The first-order valence-corrected chi connectivity index (χ1v) is 11.8. The molecule has 1 saturated carbocycles. The molecule has 0 spiro atoms. The fraction of sp³-hybridized carbons (Fsp3) is 0.636. The van der Waals surface area contributed by atoms with Crippen molar-refractivity contribution in [2.75, 3.05) is 19.8 Å². The molecule has 0 bridgehead atoms. The number of dihydropyridines is 1. The molecule has 1 aliphatic carbocycles. The first-order valence-electron chi connectivity index (χ1n) is 10.9. The summed E-state index contributed by atoms with van der Waals surface area (Å²) in [6, 6.07) is -0.457. The second-order valence-corrected chi connectivity index (χ2v) is 8.86. The highest BCUT2D eigenvalue weighted by atomic mass is 35.5. The van der Waals surface area contributed by atoms with Crippen LogP contribution in [0.3, 0.4) is 0 Å². The molecule has 2 aliphatic rings. The Bertz CT molecular complexity index is 806. The van der Waals surface area contributed by atoms with Crippen molar-refractivity contribution < 1.29 is 33.4 Å². The third-order valence-electron chi connectivity index (χ3n) is 5.40. The van der Waals surface area contributed by atoms with Crippen molar-refractivity contribution in [3.63, 3.8) is 0 Å². The molecule has 2 unspecified atom stereocenters. The van der Waals surface area contributed by atoms with E-state index < -0.39 is 42.4 Å². The molecule has 2 atom stereocenters. The third-order valence-corrected chi connectivity index (χ3v) is 6.38. The van der Waals surface area contributed by atoms with E-state index in [1.165, 1.54) is 0 Å². The number of amides is 1. The normalized spacial score (nSPS) is 23.5. The summed E-state index contributed by atoms with van der Waals surface area (Å²) in [5.74, 6) is -4.50. The second kappa shape index (κ2) is 12.3. The van der Waals surface area contributed by atoms with E-state index in [-0.39, 0.29) is 35.1 Å². The van der Waals surface area contributed by atoms with Crippen LogP contribution in [0.25, 0.3) is 0 Å². The van der Waals surface area contributed by atoms with E-state index in [0.29, 0.717) is 24.2 Å². The minimum absolute atomic E-state index is 0.0673. The lowest BCUT2D eigenvalue weighted by molar-refractivity contribution is -0.154. The van der Waals surface area contributed by atoms with Crippen molar-refractivity contribution in [3.8, 4) is 0 Å². The van der Waals surface area contributed by atoms with Gasteiger partial charge in [0, 0.05) is 11.4 Å². The zero-order chi connectivity index (χ0) is 24.7. The van der Waals surface area contributed by atoms with Gasteiger partial charge in [-0.05, 0) is 40.5 Å². The number of nitrogens with one attached hydrogen (secondary N) is 2. The van der Waals surface area contributed by atoms with Gasteiger partial charge in [-0.25, -0.2) is 9.59 Å². The number of rotatable bonds is 8. The summed E-state index contributed by atoms with van der Waals surface area (Å²) >= 11 is 12.6. The van der Waals surface area contributed by atoms with Crippen LogP contribution in [0.15, 0.2) is 22.5 Å². The maximum absolute atomic E-state index is 13.1. The van der Waals surface area contributed by atoms with Gasteiger partial charge in [0.2, 0.25) is 0 Å². The lowest BCUT2D eigenvalue weighted by Gasteiger charge is -2.32. The van der Waals surface area contributed by atoms with E-state index in [1.807, 2.05) is 0 Å². The molecule has 1 aliphatic heterocycles. The zero-order valence-corrected chi connectivity index (χ0v) is 20.7. The Labute approximate surface area is 203 Å². The summed E-state index contributed by atoms with van der Waals surface area (Å²) in [7, 11) is 0. The quantitative estimate of drug-likeness (QED) is 0.293. The maximum atomic E-state index is 13.1. The number of esters is 3. The number of ether oxygens (including phenoxy) is 3. The number of hydrogen-bond donors (Lipinski definition) is 2. The van der Waals surface area contributed by atoms with Crippen LogP contribution in [0.2, 0.25) is 0 Å². The van der Waals surface area contributed by atoms with Gasteiger partial charge in [0.15, 0.2) is 6.61 Å². The first-order chi connectivity index (χ1) is 15.6. The average Bonchev–Trinajstić information content (AvgIpc) is 2.74. The fourth-order valence-corrected chi connectivity index (χ4v) is 4.77. The molecule has 0 aromatic heterocycles. The van der Waals surface area contributed by atoms with E-state index in [2.05, 4.69) is 10.6 Å². The van der Waals surface area contributed by atoms with Crippen molar-refractivity contribution in [2.24, 2.45) is 5.92 Å². The summed E-state index contributed by atoms with van der Waals surface area (Å²) in [6.07, 6.45) is 2.29. The highest BCUT2D eigenvalue weighted by molar-refractivity contribution is 6.25.